The zero-order valence-electron chi connectivity index (χ0n) is 16.3. The highest BCUT2D eigenvalue weighted by atomic mass is 35.5. The molecule has 1 heterocycles. The number of anilines is 2. The second kappa shape index (κ2) is 8.36. The zero-order chi connectivity index (χ0) is 22.3. The predicted octanol–water partition coefficient (Wildman–Crippen LogP) is 6.04. The summed E-state index contributed by atoms with van der Waals surface area (Å²) in [6.45, 7) is 1.86. The van der Waals surface area contributed by atoms with Gasteiger partial charge in [0.2, 0.25) is 0 Å². The van der Waals surface area contributed by atoms with E-state index in [1.165, 1.54) is 40.7 Å². The second-order valence-electron chi connectivity index (χ2n) is 7.21. The van der Waals surface area contributed by atoms with Gasteiger partial charge in [0.25, 0.3) is 15.9 Å². The van der Waals surface area contributed by atoms with Crippen LogP contribution < -0.4 is 9.62 Å². The molecular weight excluding hydrogens is 479 g/mol. The average Bonchev–Trinajstić information content (AvgIpc) is 3.08. The van der Waals surface area contributed by atoms with Gasteiger partial charge in [0, 0.05) is 11.6 Å². The number of fused-ring (bicyclic) bond motifs is 1. The molecular formula is C22H17Cl3N2O3S. The van der Waals surface area contributed by atoms with Gasteiger partial charge in [0.1, 0.15) is 0 Å². The van der Waals surface area contributed by atoms with E-state index in [1.807, 2.05) is 25.1 Å². The molecule has 0 aromatic heterocycles. The molecule has 1 aliphatic rings. The lowest BCUT2D eigenvalue weighted by atomic mass is 10.1. The molecule has 31 heavy (non-hydrogen) atoms. The number of carbonyl (C=O) groups excluding carboxylic acids is 1. The van der Waals surface area contributed by atoms with E-state index in [-0.39, 0.29) is 37.3 Å². The number of benzene rings is 3. The maximum Gasteiger partial charge on any atom is 0.264 e. The van der Waals surface area contributed by atoms with Gasteiger partial charge in [-0.15, -0.1) is 0 Å². The molecule has 160 valence electrons. The summed E-state index contributed by atoms with van der Waals surface area (Å²) in [5.41, 5.74) is 2.08. The van der Waals surface area contributed by atoms with Gasteiger partial charge < -0.3 is 5.32 Å². The molecule has 0 fully saturated rings. The molecule has 0 unspecified atom stereocenters. The summed E-state index contributed by atoms with van der Waals surface area (Å²) in [4.78, 5) is 12.8. The van der Waals surface area contributed by atoms with Crippen molar-refractivity contribution >= 4 is 62.1 Å². The summed E-state index contributed by atoms with van der Waals surface area (Å²) >= 11 is 18.0. The quantitative estimate of drug-likeness (QED) is 0.449. The normalized spacial score (nSPS) is 15.6. The molecule has 1 atom stereocenters. The number of para-hydroxylation sites is 1. The van der Waals surface area contributed by atoms with Crippen LogP contribution in [0.15, 0.2) is 65.6 Å². The molecule has 1 amide bonds. The molecule has 3 aromatic carbocycles. The Kier molecular flexibility index (Phi) is 5.92. The van der Waals surface area contributed by atoms with E-state index in [1.54, 1.807) is 6.07 Å². The first-order valence-electron chi connectivity index (χ1n) is 9.37. The van der Waals surface area contributed by atoms with Crippen molar-refractivity contribution in [3.8, 4) is 0 Å². The van der Waals surface area contributed by atoms with Crippen molar-refractivity contribution < 1.29 is 13.2 Å². The summed E-state index contributed by atoms with van der Waals surface area (Å²) in [7, 11) is -3.86. The Labute approximate surface area is 195 Å². The predicted molar refractivity (Wildman–Crippen MR) is 125 cm³/mol. The van der Waals surface area contributed by atoms with Gasteiger partial charge in [0.05, 0.1) is 31.3 Å². The molecule has 0 saturated heterocycles. The Morgan fingerprint density at radius 2 is 1.68 bits per heavy atom. The number of carbonyl (C=O) groups is 1. The highest BCUT2D eigenvalue weighted by Crippen LogP contribution is 2.37. The number of nitrogens with zero attached hydrogens (tertiary/aromatic N) is 1. The Balaban J connectivity index is 1.66. The Morgan fingerprint density at radius 1 is 0.968 bits per heavy atom. The Bertz CT molecular complexity index is 1290. The minimum absolute atomic E-state index is 0.0314. The van der Waals surface area contributed by atoms with Crippen molar-refractivity contribution in [3.05, 3.63) is 86.9 Å². The third-order valence-electron chi connectivity index (χ3n) is 5.06. The second-order valence-corrected chi connectivity index (χ2v) is 10.2. The number of amides is 1. The summed E-state index contributed by atoms with van der Waals surface area (Å²) in [6.07, 6.45) is 0.630. The maximum atomic E-state index is 13.4. The highest BCUT2D eigenvalue weighted by molar-refractivity contribution is 7.92. The van der Waals surface area contributed by atoms with E-state index in [4.69, 9.17) is 34.8 Å². The van der Waals surface area contributed by atoms with Crippen LogP contribution >= 0.6 is 34.8 Å². The molecule has 5 nitrogen and oxygen atoms in total. The van der Waals surface area contributed by atoms with E-state index in [0.717, 1.165) is 5.56 Å². The largest absolute Gasteiger partial charge is 0.321 e. The fourth-order valence-electron chi connectivity index (χ4n) is 3.63. The van der Waals surface area contributed by atoms with Crippen molar-refractivity contribution in [2.24, 2.45) is 0 Å². The van der Waals surface area contributed by atoms with Crippen molar-refractivity contribution in [1.82, 2.24) is 0 Å². The van der Waals surface area contributed by atoms with Crippen LogP contribution in [0, 0.1) is 0 Å². The fraction of sp³-hybridized carbons (Fsp3) is 0.136. The lowest BCUT2D eigenvalue weighted by Gasteiger charge is -2.24. The van der Waals surface area contributed by atoms with Gasteiger partial charge in [-0.1, -0.05) is 59.1 Å². The van der Waals surface area contributed by atoms with Crippen molar-refractivity contribution in [3.63, 3.8) is 0 Å². The Morgan fingerprint density at radius 3 is 2.45 bits per heavy atom. The fourth-order valence-corrected chi connectivity index (χ4v) is 5.96. The first-order chi connectivity index (χ1) is 14.7. The smallest absolute Gasteiger partial charge is 0.264 e. The van der Waals surface area contributed by atoms with Crippen LogP contribution in [-0.4, -0.2) is 20.4 Å². The topological polar surface area (TPSA) is 66.5 Å². The van der Waals surface area contributed by atoms with Crippen molar-refractivity contribution in [1.29, 1.82) is 0 Å². The van der Waals surface area contributed by atoms with Gasteiger partial charge >= 0.3 is 0 Å². The van der Waals surface area contributed by atoms with Crippen LogP contribution in [0.2, 0.25) is 15.1 Å². The van der Waals surface area contributed by atoms with Gasteiger partial charge in [0.15, 0.2) is 0 Å². The van der Waals surface area contributed by atoms with Gasteiger partial charge in [-0.05, 0) is 55.3 Å². The summed E-state index contributed by atoms with van der Waals surface area (Å²) in [5, 5.41) is 3.36. The van der Waals surface area contributed by atoms with E-state index in [2.05, 4.69) is 5.32 Å². The lowest BCUT2D eigenvalue weighted by Crippen LogP contribution is -2.35. The molecule has 1 aliphatic heterocycles. The van der Waals surface area contributed by atoms with Gasteiger partial charge in [-0.2, -0.15) is 0 Å². The monoisotopic (exact) mass is 494 g/mol. The number of sulfonamides is 1. The van der Waals surface area contributed by atoms with Gasteiger partial charge in [-0.25, -0.2) is 8.42 Å². The first-order valence-corrected chi connectivity index (χ1v) is 11.9. The van der Waals surface area contributed by atoms with E-state index < -0.39 is 15.9 Å². The minimum Gasteiger partial charge on any atom is -0.321 e. The molecule has 1 N–H and O–H groups in total. The molecule has 4 rings (SSSR count). The number of hydrogen-bond acceptors (Lipinski definition) is 3. The number of halogens is 3. The molecule has 0 spiro atoms. The van der Waals surface area contributed by atoms with Crippen LogP contribution in [0.4, 0.5) is 11.4 Å². The molecule has 0 aliphatic carbocycles. The van der Waals surface area contributed by atoms with Crippen LogP contribution in [0.1, 0.15) is 22.8 Å². The molecule has 9 heteroatoms. The van der Waals surface area contributed by atoms with Crippen LogP contribution in [0.25, 0.3) is 0 Å². The Hall–Kier alpha value is -2.25. The minimum atomic E-state index is -3.86. The van der Waals surface area contributed by atoms with E-state index in [9.17, 15) is 13.2 Å². The van der Waals surface area contributed by atoms with Crippen molar-refractivity contribution in [2.75, 3.05) is 9.62 Å². The van der Waals surface area contributed by atoms with Gasteiger partial charge in [-0.3, -0.25) is 9.10 Å². The number of rotatable bonds is 4. The van der Waals surface area contributed by atoms with Crippen LogP contribution in [0.5, 0.6) is 0 Å². The number of hydrogen-bond donors (Lipinski definition) is 1. The molecule has 0 saturated carbocycles. The molecule has 0 radical (unpaired) electrons. The lowest BCUT2D eigenvalue weighted by molar-refractivity contribution is 0.102. The van der Waals surface area contributed by atoms with Crippen LogP contribution in [-0.2, 0) is 16.4 Å². The first kappa shape index (κ1) is 22.0. The van der Waals surface area contributed by atoms with E-state index in [0.29, 0.717) is 12.1 Å². The maximum absolute atomic E-state index is 13.4. The highest BCUT2D eigenvalue weighted by Gasteiger charge is 2.36. The molecule has 3 aromatic rings. The summed E-state index contributed by atoms with van der Waals surface area (Å²) in [6, 6.07) is 15.9. The SMILES string of the molecule is C[C@H]1Cc2ccccc2N1S(=O)(=O)c1cccc(C(=O)Nc2cc(Cl)c(Cl)cc2Cl)c1. The number of nitrogens with one attached hydrogen (secondary N) is 1. The average molecular weight is 496 g/mol. The standard InChI is InChI=1S/C22H17Cl3N2O3S/c1-13-9-14-5-2-3-8-21(14)27(13)31(29,30)16-7-4-6-15(10-16)22(28)26-20-12-18(24)17(23)11-19(20)25/h2-8,10-13H,9H2,1H3,(H,26,28)/t13-/m0/s1. The van der Waals surface area contributed by atoms with E-state index >= 15 is 0 Å². The zero-order valence-corrected chi connectivity index (χ0v) is 19.4. The third-order valence-corrected chi connectivity index (χ3v) is 8.01. The molecule has 0 bridgehead atoms. The van der Waals surface area contributed by atoms with Crippen molar-refractivity contribution in [2.45, 2.75) is 24.3 Å². The van der Waals surface area contributed by atoms with Crippen LogP contribution in [0.3, 0.4) is 0 Å². The third kappa shape index (κ3) is 4.13. The summed E-state index contributed by atoms with van der Waals surface area (Å²) in [5.74, 6) is -0.521. The summed E-state index contributed by atoms with van der Waals surface area (Å²) < 4.78 is 28.2.